The van der Waals surface area contributed by atoms with Crippen LogP contribution < -0.4 is 11.1 Å². The third-order valence-electron chi connectivity index (χ3n) is 5.76. The molecule has 8 N–H and O–H groups in total. The Morgan fingerprint density at radius 1 is 1.15 bits per heavy atom. The Labute approximate surface area is 268 Å². The Balaban J connectivity index is 1.35. The van der Waals surface area contributed by atoms with Crippen LogP contribution in [0.2, 0.25) is 0 Å². The van der Waals surface area contributed by atoms with Gasteiger partial charge in [-0.2, -0.15) is 8.62 Å². The number of pyridine rings is 1. The van der Waals surface area contributed by atoms with Crippen LogP contribution in [0.3, 0.4) is 0 Å². The van der Waals surface area contributed by atoms with E-state index in [1.54, 1.807) is 6.20 Å². The number of nitrogens with two attached hydrogens (primary N) is 1. The highest BCUT2D eigenvalue weighted by molar-refractivity contribution is 8.76. The number of ether oxygens (including phenoxy) is 1. The van der Waals surface area contributed by atoms with Crippen LogP contribution in [0, 0.1) is 11.8 Å². The van der Waals surface area contributed by atoms with Crippen LogP contribution in [0.1, 0.15) is 24.6 Å². The number of carbonyl (C=O) groups is 1. The molecule has 4 rings (SSSR count). The third kappa shape index (κ3) is 10.8. The van der Waals surface area contributed by atoms with Crippen LogP contribution in [-0.2, 0) is 36.4 Å². The van der Waals surface area contributed by atoms with Crippen molar-refractivity contribution in [2.75, 3.05) is 24.6 Å². The maximum atomic E-state index is 12.2. The Hall–Kier alpha value is -2.37. The summed E-state index contributed by atoms with van der Waals surface area (Å²) in [6.07, 6.45) is 1.17. The van der Waals surface area contributed by atoms with Gasteiger partial charge in [-0.3, -0.25) is 9.32 Å². The fraction of sp³-hybridized carbons (Fsp3) is 0.364. The average molecular weight is 741 g/mol. The summed E-state index contributed by atoms with van der Waals surface area (Å²) in [5.41, 5.74) is 6.75. The van der Waals surface area contributed by atoms with Crippen molar-refractivity contribution in [2.45, 2.75) is 36.3 Å². The first-order valence-corrected chi connectivity index (χ1v) is 19.7. The van der Waals surface area contributed by atoms with Gasteiger partial charge in [-0.05, 0) is 22.9 Å². The number of carbonyl (C=O) groups excluding carboxylic acids is 1. The number of phosphoric acid groups is 3. The van der Waals surface area contributed by atoms with Gasteiger partial charge >= 0.3 is 23.5 Å². The minimum absolute atomic E-state index is 0.0401. The molecule has 0 aromatic carbocycles. The first-order valence-electron chi connectivity index (χ1n) is 12.8. The molecule has 1 fully saturated rings. The van der Waals surface area contributed by atoms with Crippen molar-refractivity contribution in [3.8, 4) is 11.8 Å². The Kier molecular flexibility index (Phi) is 12.4. The summed E-state index contributed by atoms with van der Waals surface area (Å²) in [6, 6.07) is 5.57. The number of hydrogen-bond donors (Lipinski definition) is 7. The maximum Gasteiger partial charge on any atom is 0.490 e. The molecule has 1 saturated heterocycles. The molecule has 46 heavy (non-hydrogen) atoms. The zero-order valence-corrected chi connectivity index (χ0v) is 27.6. The predicted molar refractivity (Wildman–Crippen MR) is 163 cm³/mol. The van der Waals surface area contributed by atoms with E-state index >= 15 is 0 Å². The van der Waals surface area contributed by atoms with Crippen molar-refractivity contribution in [1.29, 1.82) is 0 Å². The summed E-state index contributed by atoms with van der Waals surface area (Å²) in [7, 11) is -13.7. The molecule has 250 valence electrons. The fourth-order valence-corrected chi connectivity index (χ4v) is 8.83. The molecule has 0 radical (unpaired) electrons. The summed E-state index contributed by atoms with van der Waals surface area (Å²) >= 11 is 0. The van der Waals surface area contributed by atoms with Crippen molar-refractivity contribution in [3.05, 3.63) is 42.5 Å². The van der Waals surface area contributed by atoms with Gasteiger partial charge in [0.2, 0.25) is 5.91 Å². The summed E-state index contributed by atoms with van der Waals surface area (Å²) in [5.74, 6) is 6.23. The Bertz CT molecular complexity index is 1750. The Morgan fingerprint density at radius 2 is 1.93 bits per heavy atom. The van der Waals surface area contributed by atoms with E-state index in [1.165, 1.54) is 38.7 Å². The van der Waals surface area contributed by atoms with Gasteiger partial charge in [0, 0.05) is 31.0 Å². The van der Waals surface area contributed by atoms with Crippen LogP contribution in [0.4, 0.5) is 5.82 Å². The lowest BCUT2D eigenvalue weighted by Crippen LogP contribution is -2.26. The molecule has 0 aliphatic carbocycles. The number of fused-ring (bicyclic) bond motifs is 1. The molecular formula is C22H27N6O13P3S2. The number of anilines is 1. The van der Waals surface area contributed by atoms with E-state index < -0.39 is 48.5 Å². The van der Waals surface area contributed by atoms with Gasteiger partial charge in [0.05, 0.1) is 30.2 Å². The molecule has 5 atom stereocenters. The highest BCUT2D eigenvalue weighted by Crippen LogP contribution is 2.66. The smallest absolute Gasteiger partial charge is 0.390 e. The number of aliphatic hydroxyl groups excluding tert-OH is 1. The molecule has 19 nitrogen and oxygen atoms in total. The molecule has 1 amide bonds. The highest BCUT2D eigenvalue weighted by Gasteiger charge is 2.43. The van der Waals surface area contributed by atoms with E-state index in [9.17, 15) is 33.4 Å². The van der Waals surface area contributed by atoms with Gasteiger partial charge in [0.15, 0.2) is 0 Å². The van der Waals surface area contributed by atoms with Gasteiger partial charge in [-0.1, -0.05) is 28.7 Å². The third-order valence-corrected chi connectivity index (χ3v) is 11.8. The zero-order valence-electron chi connectivity index (χ0n) is 23.3. The lowest BCUT2D eigenvalue weighted by atomic mass is 10.2. The van der Waals surface area contributed by atoms with Crippen molar-refractivity contribution in [2.24, 2.45) is 0 Å². The monoisotopic (exact) mass is 740 g/mol. The number of amides is 1. The van der Waals surface area contributed by atoms with E-state index in [4.69, 9.17) is 20.3 Å². The second-order valence-electron chi connectivity index (χ2n) is 9.13. The van der Waals surface area contributed by atoms with Crippen LogP contribution in [-0.4, -0.2) is 81.2 Å². The van der Waals surface area contributed by atoms with Crippen LogP contribution in [0.25, 0.3) is 11.0 Å². The van der Waals surface area contributed by atoms with Crippen molar-refractivity contribution in [3.63, 3.8) is 0 Å². The van der Waals surface area contributed by atoms with E-state index in [2.05, 4.69) is 45.3 Å². The molecular weight excluding hydrogens is 713 g/mol. The van der Waals surface area contributed by atoms with Crippen LogP contribution >= 0.6 is 45.1 Å². The molecule has 3 aromatic rings. The summed E-state index contributed by atoms with van der Waals surface area (Å²) < 4.78 is 53.6. The predicted octanol–water partition coefficient (Wildman–Crippen LogP) is 1.70. The first-order chi connectivity index (χ1) is 21.6. The number of aliphatic hydroxyl groups is 1. The van der Waals surface area contributed by atoms with E-state index in [1.807, 2.05) is 18.2 Å². The van der Waals surface area contributed by atoms with Gasteiger partial charge in [0.25, 0.3) is 0 Å². The van der Waals surface area contributed by atoms with Crippen LogP contribution in [0.5, 0.6) is 0 Å². The van der Waals surface area contributed by atoms with E-state index in [-0.39, 0.29) is 36.8 Å². The average Bonchev–Trinajstić information content (AvgIpc) is 3.51. The number of nitrogens with zero attached hydrogens (tertiary/aromatic N) is 4. The quantitative estimate of drug-likeness (QED) is 0.0535. The molecule has 0 bridgehead atoms. The number of nitrogen functional groups attached to an aromatic ring is 1. The van der Waals surface area contributed by atoms with Crippen molar-refractivity contribution < 1.29 is 61.1 Å². The summed E-state index contributed by atoms with van der Waals surface area (Å²) in [6.45, 7) is -0.803. The number of rotatable bonds is 14. The van der Waals surface area contributed by atoms with Gasteiger partial charge in [0.1, 0.15) is 35.2 Å². The Morgan fingerprint density at radius 3 is 2.65 bits per heavy atom. The molecule has 0 saturated carbocycles. The molecule has 24 heteroatoms. The van der Waals surface area contributed by atoms with Gasteiger partial charge in [-0.25, -0.2) is 28.6 Å². The molecule has 2 unspecified atom stereocenters. The fourth-order valence-electron chi connectivity index (χ4n) is 3.93. The number of hydrogen-bond acceptors (Lipinski definition) is 15. The highest BCUT2D eigenvalue weighted by atomic mass is 33.1. The van der Waals surface area contributed by atoms with Crippen molar-refractivity contribution in [1.82, 2.24) is 24.8 Å². The molecule has 3 aromatic heterocycles. The lowest BCUT2D eigenvalue weighted by Gasteiger charge is -2.19. The lowest BCUT2D eigenvalue weighted by molar-refractivity contribution is -0.120. The number of phosphoric ester groups is 1. The van der Waals surface area contributed by atoms with Crippen LogP contribution in [0.15, 0.2) is 41.9 Å². The SMILES string of the molecule is Nc1ncnc2c1c(C#CCNC(=O)CCSSc1ccccn1)cn2[C@H]1C[C@@H](O)[C@@H](COP(=O)(O)OP(=O)(O)OP(=O)(O)O)O1. The van der Waals surface area contributed by atoms with Crippen molar-refractivity contribution >= 4 is 67.8 Å². The number of aromatic nitrogens is 4. The minimum Gasteiger partial charge on any atom is -0.390 e. The van der Waals surface area contributed by atoms with Gasteiger partial charge in [-0.15, -0.1) is 0 Å². The zero-order chi connectivity index (χ0) is 33.5. The molecule has 4 heterocycles. The topological polar surface area (TPSA) is 288 Å². The van der Waals surface area contributed by atoms with E-state index in [0.717, 1.165) is 5.03 Å². The van der Waals surface area contributed by atoms with Gasteiger partial charge < -0.3 is 45.0 Å². The number of nitrogens with one attached hydrogen (secondary N) is 1. The minimum atomic E-state index is -5.71. The standard InChI is InChI=1S/C22H27N6O13P3S2/c23-21-20-14(4-3-8-24-17(30)6-9-45-46-18-5-1-2-7-25-18)11-28(22(20)27-13-26-21)19-10-15(29)16(39-19)12-38-43(34,35)41-44(36,37)40-42(31,32)33/h1-2,5,7,11,13,15-16,19,29H,6,8-10,12H2,(H,24,30)(H,34,35)(H,36,37)(H2,23,26,27)(H2,31,32,33)/t15-,16-,19-/m1/s1. The largest absolute Gasteiger partial charge is 0.490 e. The first kappa shape index (κ1) is 36.5. The summed E-state index contributed by atoms with van der Waals surface area (Å²) in [4.78, 5) is 60.9. The second kappa shape index (κ2) is 15.7. The maximum absolute atomic E-state index is 12.2. The normalized spacial score (nSPS) is 20.8. The molecule has 1 aliphatic heterocycles. The summed E-state index contributed by atoms with van der Waals surface area (Å²) in [5, 5.41) is 14.4. The molecule has 1 aliphatic rings. The second-order valence-corrected chi connectivity index (χ2v) is 16.0. The molecule has 0 spiro atoms. The van der Waals surface area contributed by atoms with E-state index in [0.29, 0.717) is 16.7 Å².